The van der Waals surface area contributed by atoms with Crippen LogP contribution < -0.4 is 5.73 Å². The van der Waals surface area contributed by atoms with Gasteiger partial charge < -0.3 is 10.8 Å². The third kappa shape index (κ3) is 4.14. The van der Waals surface area contributed by atoms with Gasteiger partial charge in [-0.05, 0) is 54.8 Å². The maximum Gasteiger partial charge on any atom is 0.115 e. The average molecular weight is 314 g/mol. The number of phenolic OH excluding ortho intramolecular Hbond substituents is 1. The van der Waals surface area contributed by atoms with Crippen molar-refractivity contribution in [3.05, 3.63) is 29.8 Å². The Balaban J connectivity index is 0.00000400. The smallest absolute Gasteiger partial charge is 0.115 e. The Labute approximate surface area is 136 Å². The molecule has 122 valence electrons. The molecule has 0 aromatic heterocycles. The number of hydrogen-bond acceptors (Lipinski definition) is 2. The fourth-order valence-electron chi connectivity index (χ4n) is 4.19. The van der Waals surface area contributed by atoms with Crippen molar-refractivity contribution in [2.45, 2.75) is 52.9 Å². The lowest BCUT2D eigenvalue weighted by molar-refractivity contribution is 0.128. The van der Waals surface area contributed by atoms with Crippen LogP contribution in [0.25, 0.3) is 0 Å². The van der Waals surface area contributed by atoms with E-state index in [1.807, 2.05) is 12.1 Å². The summed E-state index contributed by atoms with van der Waals surface area (Å²) in [7, 11) is 0. The van der Waals surface area contributed by atoms with Gasteiger partial charge in [-0.2, -0.15) is 0 Å². The lowest BCUT2D eigenvalue weighted by Crippen LogP contribution is -2.44. The van der Waals surface area contributed by atoms with E-state index in [1.54, 1.807) is 6.07 Å². The van der Waals surface area contributed by atoms with Crippen molar-refractivity contribution in [2.75, 3.05) is 6.54 Å². The largest absolute Gasteiger partial charge is 0.508 e. The summed E-state index contributed by atoms with van der Waals surface area (Å²) >= 11 is 0. The third-order valence-corrected chi connectivity index (χ3v) is 4.91. The van der Waals surface area contributed by atoms with Crippen LogP contribution in [-0.4, -0.2) is 11.7 Å². The second kappa shape index (κ2) is 8.65. The maximum absolute atomic E-state index is 9.88. The van der Waals surface area contributed by atoms with Crippen molar-refractivity contribution in [3.63, 3.8) is 0 Å². The van der Waals surface area contributed by atoms with Gasteiger partial charge in [-0.15, -0.1) is 12.4 Å². The maximum atomic E-state index is 9.88. The number of halogens is 1. The summed E-state index contributed by atoms with van der Waals surface area (Å²) in [5.41, 5.74) is 7.03. The molecule has 21 heavy (non-hydrogen) atoms. The standard InChI is InChI=1S/C18H31NO.ClH/c1-13(2)18(14(3)4,15(5)8-7-11-19)16-9-6-10-17(20)12-16;/h6,9-10,12-15,20H,7-8,11,19H2,1-5H3;1H. The fraction of sp³-hybridized carbons (Fsp3) is 0.667. The van der Waals surface area contributed by atoms with Gasteiger partial charge in [-0.3, -0.25) is 0 Å². The average Bonchev–Trinajstić information content (AvgIpc) is 2.36. The van der Waals surface area contributed by atoms with Gasteiger partial charge in [0, 0.05) is 5.41 Å². The number of aromatic hydroxyl groups is 1. The Morgan fingerprint density at radius 2 is 1.67 bits per heavy atom. The molecule has 0 aliphatic heterocycles. The molecule has 1 atom stereocenters. The molecular formula is C18H32ClNO. The Bertz CT molecular complexity index is 409. The van der Waals surface area contributed by atoms with Gasteiger partial charge in [0.1, 0.15) is 5.75 Å². The molecule has 1 rings (SSSR count). The van der Waals surface area contributed by atoms with Gasteiger partial charge in [0.15, 0.2) is 0 Å². The topological polar surface area (TPSA) is 46.2 Å². The minimum absolute atomic E-state index is 0. The molecular weight excluding hydrogens is 282 g/mol. The molecule has 2 nitrogen and oxygen atoms in total. The number of nitrogens with two attached hydrogens (primary N) is 1. The first-order chi connectivity index (χ1) is 9.37. The van der Waals surface area contributed by atoms with E-state index in [0.29, 0.717) is 23.5 Å². The summed E-state index contributed by atoms with van der Waals surface area (Å²) in [6.45, 7) is 12.3. The minimum Gasteiger partial charge on any atom is -0.508 e. The molecule has 3 N–H and O–H groups in total. The van der Waals surface area contributed by atoms with Gasteiger partial charge in [-0.25, -0.2) is 0 Å². The molecule has 0 bridgehead atoms. The predicted molar refractivity (Wildman–Crippen MR) is 94.2 cm³/mol. The van der Waals surface area contributed by atoms with Crippen LogP contribution in [0.3, 0.4) is 0 Å². The molecule has 0 radical (unpaired) electrons. The normalized spacial score (nSPS) is 13.3. The highest BCUT2D eigenvalue weighted by atomic mass is 35.5. The van der Waals surface area contributed by atoms with Crippen LogP contribution in [0.5, 0.6) is 5.75 Å². The van der Waals surface area contributed by atoms with Crippen LogP contribution in [-0.2, 0) is 5.41 Å². The summed E-state index contributed by atoms with van der Waals surface area (Å²) in [6.07, 6.45) is 2.18. The first-order valence-electron chi connectivity index (χ1n) is 7.86. The van der Waals surface area contributed by atoms with Crippen molar-refractivity contribution in [2.24, 2.45) is 23.5 Å². The monoisotopic (exact) mass is 313 g/mol. The summed E-state index contributed by atoms with van der Waals surface area (Å²) in [4.78, 5) is 0. The Morgan fingerprint density at radius 3 is 2.10 bits per heavy atom. The third-order valence-electron chi connectivity index (χ3n) is 4.91. The summed E-state index contributed by atoms with van der Waals surface area (Å²) in [5.74, 6) is 1.92. The quantitative estimate of drug-likeness (QED) is 0.763. The molecule has 0 aliphatic rings. The zero-order valence-electron chi connectivity index (χ0n) is 14.1. The van der Waals surface area contributed by atoms with Crippen molar-refractivity contribution >= 4 is 12.4 Å². The molecule has 0 saturated heterocycles. The molecule has 1 aromatic rings. The fourth-order valence-corrected chi connectivity index (χ4v) is 4.19. The van der Waals surface area contributed by atoms with Crippen LogP contribution in [0, 0.1) is 17.8 Å². The zero-order valence-corrected chi connectivity index (χ0v) is 14.9. The van der Waals surface area contributed by atoms with Crippen LogP contribution in [0.4, 0.5) is 0 Å². The second-order valence-corrected chi connectivity index (χ2v) is 6.62. The van der Waals surface area contributed by atoms with Gasteiger partial charge in [0.25, 0.3) is 0 Å². The highest BCUT2D eigenvalue weighted by Gasteiger charge is 2.43. The van der Waals surface area contributed by atoms with Crippen molar-refractivity contribution < 1.29 is 5.11 Å². The van der Waals surface area contributed by atoms with Gasteiger partial charge in [-0.1, -0.05) is 46.8 Å². The summed E-state index contributed by atoms with van der Waals surface area (Å²) in [6, 6.07) is 7.82. The number of rotatable bonds is 7. The van der Waals surface area contributed by atoms with Gasteiger partial charge in [0.2, 0.25) is 0 Å². The van der Waals surface area contributed by atoms with E-state index in [1.165, 1.54) is 5.56 Å². The molecule has 0 fully saturated rings. The Hall–Kier alpha value is -0.730. The van der Waals surface area contributed by atoms with Crippen molar-refractivity contribution in [3.8, 4) is 5.75 Å². The predicted octanol–water partition coefficient (Wildman–Crippen LogP) is 4.74. The summed E-state index contributed by atoms with van der Waals surface area (Å²) < 4.78 is 0. The van der Waals surface area contributed by atoms with E-state index in [0.717, 1.165) is 19.4 Å². The second-order valence-electron chi connectivity index (χ2n) is 6.62. The van der Waals surface area contributed by atoms with Gasteiger partial charge in [0.05, 0.1) is 0 Å². The molecule has 0 amide bonds. The first kappa shape index (κ1) is 20.3. The van der Waals surface area contributed by atoms with E-state index in [9.17, 15) is 5.11 Å². The van der Waals surface area contributed by atoms with E-state index in [4.69, 9.17) is 5.73 Å². The lowest BCUT2D eigenvalue weighted by atomic mass is 9.57. The number of phenols is 1. The molecule has 0 heterocycles. The number of benzene rings is 1. The van der Waals surface area contributed by atoms with E-state index < -0.39 is 0 Å². The van der Waals surface area contributed by atoms with Crippen LogP contribution in [0.15, 0.2) is 24.3 Å². The van der Waals surface area contributed by atoms with Crippen LogP contribution in [0.2, 0.25) is 0 Å². The Morgan fingerprint density at radius 1 is 1.10 bits per heavy atom. The zero-order chi connectivity index (χ0) is 15.3. The van der Waals surface area contributed by atoms with Crippen molar-refractivity contribution in [1.82, 2.24) is 0 Å². The first-order valence-corrected chi connectivity index (χ1v) is 7.86. The number of hydrogen-bond donors (Lipinski definition) is 2. The van der Waals surface area contributed by atoms with Crippen LogP contribution >= 0.6 is 12.4 Å². The highest BCUT2D eigenvalue weighted by Crippen LogP contribution is 2.47. The van der Waals surface area contributed by atoms with E-state index >= 15 is 0 Å². The van der Waals surface area contributed by atoms with Gasteiger partial charge >= 0.3 is 0 Å². The molecule has 1 aromatic carbocycles. The lowest BCUT2D eigenvalue weighted by Gasteiger charge is -2.47. The Kier molecular flexibility index (Phi) is 8.35. The molecule has 0 spiro atoms. The molecule has 0 saturated carbocycles. The summed E-state index contributed by atoms with van der Waals surface area (Å²) in [5, 5.41) is 9.88. The van der Waals surface area contributed by atoms with Crippen molar-refractivity contribution in [1.29, 1.82) is 0 Å². The van der Waals surface area contributed by atoms with E-state index in [2.05, 4.69) is 40.7 Å². The minimum atomic E-state index is 0. The SMILES string of the molecule is CC(C)C(c1cccc(O)c1)(C(C)C)C(C)CCCN.Cl. The highest BCUT2D eigenvalue weighted by molar-refractivity contribution is 5.85. The molecule has 3 heteroatoms. The van der Waals surface area contributed by atoms with Crippen LogP contribution in [0.1, 0.15) is 53.0 Å². The molecule has 0 aliphatic carbocycles. The molecule has 1 unspecified atom stereocenters. The van der Waals surface area contributed by atoms with E-state index in [-0.39, 0.29) is 17.8 Å².